The van der Waals surface area contributed by atoms with Crippen molar-refractivity contribution >= 4 is 5.69 Å². The lowest BCUT2D eigenvalue weighted by atomic mass is 10.0. The van der Waals surface area contributed by atoms with E-state index in [9.17, 15) is 5.11 Å². The average molecular weight is 260 g/mol. The first-order chi connectivity index (χ1) is 9.25. The van der Waals surface area contributed by atoms with Gasteiger partial charge in [0, 0.05) is 24.5 Å². The van der Waals surface area contributed by atoms with Gasteiger partial charge >= 0.3 is 0 Å². The van der Waals surface area contributed by atoms with E-state index in [-0.39, 0.29) is 6.10 Å². The minimum atomic E-state index is -0.360. The van der Waals surface area contributed by atoms with Gasteiger partial charge in [0.25, 0.3) is 0 Å². The predicted octanol–water partition coefficient (Wildman–Crippen LogP) is 3.14. The number of rotatable bonds is 1. The van der Waals surface area contributed by atoms with Crippen molar-refractivity contribution < 1.29 is 5.11 Å². The van der Waals surface area contributed by atoms with Crippen molar-refractivity contribution in [2.45, 2.75) is 58.0 Å². The molecule has 1 aromatic heterocycles. The van der Waals surface area contributed by atoms with Crippen LogP contribution in [0.4, 0.5) is 5.69 Å². The summed E-state index contributed by atoms with van der Waals surface area (Å²) in [5, 5.41) is 10.3. The number of pyridine rings is 1. The zero-order valence-electron chi connectivity index (χ0n) is 11.9. The molecule has 1 aliphatic heterocycles. The maximum Gasteiger partial charge on any atom is 0.0963 e. The molecule has 104 valence electrons. The number of hydrogen-bond acceptors (Lipinski definition) is 3. The van der Waals surface area contributed by atoms with Crippen molar-refractivity contribution in [1.82, 2.24) is 4.98 Å². The van der Waals surface area contributed by atoms with Gasteiger partial charge in [0.1, 0.15) is 0 Å². The lowest BCUT2D eigenvalue weighted by molar-refractivity contribution is 0.162. The number of nitrogens with zero attached hydrogens (tertiary/aromatic N) is 2. The summed E-state index contributed by atoms with van der Waals surface area (Å²) >= 11 is 0. The van der Waals surface area contributed by atoms with E-state index in [1.54, 1.807) is 0 Å². The van der Waals surface area contributed by atoms with Crippen LogP contribution in [0.5, 0.6) is 0 Å². The van der Waals surface area contributed by atoms with E-state index in [2.05, 4.69) is 16.0 Å². The number of fused-ring (bicyclic) bond motifs is 1. The third-order valence-electron chi connectivity index (χ3n) is 4.43. The maximum absolute atomic E-state index is 10.3. The fourth-order valence-corrected chi connectivity index (χ4v) is 3.43. The zero-order chi connectivity index (χ0) is 13.2. The second-order valence-corrected chi connectivity index (χ2v) is 5.96. The van der Waals surface area contributed by atoms with E-state index in [0.29, 0.717) is 0 Å². The molecule has 1 saturated heterocycles. The second-order valence-electron chi connectivity index (χ2n) is 5.96. The Morgan fingerprint density at radius 2 is 1.95 bits per heavy atom. The quantitative estimate of drug-likeness (QED) is 0.788. The van der Waals surface area contributed by atoms with Gasteiger partial charge < -0.3 is 10.0 Å². The molecule has 1 aromatic rings. The number of hydrogen-bond donors (Lipinski definition) is 1. The molecule has 0 spiro atoms. The van der Waals surface area contributed by atoms with Crippen LogP contribution in [0.25, 0.3) is 0 Å². The van der Waals surface area contributed by atoms with E-state index in [1.807, 2.05) is 6.92 Å². The van der Waals surface area contributed by atoms with Gasteiger partial charge in [-0.25, -0.2) is 0 Å². The Hall–Kier alpha value is -1.09. The fourth-order valence-electron chi connectivity index (χ4n) is 3.43. The van der Waals surface area contributed by atoms with Gasteiger partial charge in [-0.05, 0) is 57.1 Å². The van der Waals surface area contributed by atoms with Crippen LogP contribution in [0.15, 0.2) is 6.07 Å². The van der Waals surface area contributed by atoms with E-state index in [1.165, 1.54) is 36.9 Å². The van der Waals surface area contributed by atoms with Crippen molar-refractivity contribution in [2.24, 2.45) is 0 Å². The average Bonchev–Trinajstić information content (AvgIpc) is 2.62. The molecule has 1 atom stereocenters. The standard InChI is InChI=1S/C16H24N2O/c1-12-11-14(18-9-5-2-6-10-18)13-7-3-4-8-15(19)16(13)17-12/h11,15,19H,2-10H2,1H3. The molecule has 1 fully saturated rings. The topological polar surface area (TPSA) is 36.4 Å². The summed E-state index contributed by atoms with van der Waals surface area (Å²) < 4.78 is 0. The van der Waals surface area contributed by atoms with Crippen LogP contribution in [0.2, 0.25) is 0 Å². The molecule has 0 saturated carbocycles. The molecule has 3 rings (SSSR count). The molecule has 0 amide bonds. The Balaban J connectivity index is 2.02. The second kappa shape index (κ2) is 5.49. The summed E-state index contributed by atoms with van der Waals surface area (Å²) in [5.41, 5.74) is 4.67. The van der Waals surface area contributed by atoms with Crippen molar-refractivity contribution in [1.29, 1.82) is 0 Å². The molecule has 3 heteroatoms. The lowest BCUT2D eigenvalue weighted by Crippen LogP contribution is -2.31. The van der Waals surface area contributed by atoms with Gasteiger partial charge in [-0.2, -0.15) is 0 Å². The van der Waals surface area contributed by atoms with Gasteiger partial charge in [0.2, 0.25) is 0 Å². The highest BCUT2D eigenvalue weighted by Crippen LogP contribution is 2.35. The molecule has 1 aliphatic carbocycles. The SMILES string of the molecule is Cc1cc(N2CCCCC2)c2c(n1)C(O)CCCC2. The van der Waals surface area contributed by atoms with Crippen LogP contribution in [0, 0.1) is 6.92 Å². The summed E-state index contributed by atoms with van der Waals surface area (Å²) in [6, 6.07) is 2.22. The Labute approximate surface area is 115 Å². The number of aliphatic hydroxyl groups excluding tert-OH is 1. The van der Waals surface area contributed by atoms with Gasteiger partial charge in [0.05, 0.1) is 11.8 Å². The van der Waals surface area contributed by atoms with Crippen molar-refractivity contribution in [3.05, 3.63) is 23.0 Å². The lowest BCUT2D eigenvalue weighted by Gasteiger charge is -2.31. The van der Waals surface area contributed by atoms with Gasteiger partial charge in [0.15, 0.2) is 0 Å². The van der Waals surface area contributed by atoms with Gasteiger partial charge in [-0.3, -0.25) is 4.98 Å². The molecule has 0 aromatic carbocycles. The molecule has 3 nitrogen and oxygen atoms in total. The first kappa shape index (κ1) is 12.9. The fraction of sp³-hybridized carbons (Fsp3) is 0.688. The highest BCUT2D eigenvalue weighted by molar-refractivity contribution is 5.57. The Morgan fingerprint density at radius 3 is 2.74 bits per heavy atom. The van der Waals surface area contributed by atoms with Crippen LogP contribution < -0.4 is 4.90 Å². The molecule has 0 bridgehead atoms. The van der Waals surface area contributed by atoms with Crippen molar-refractivity contribution in [2.75, 3.05) is 18.0 Å². The van der Waals surface area contributed by atoms with Crippen molar-refractivity contribution in [3.8, 4) is 0 Å². The number of piperidine rings is 1. The first-order valence-corrected chi connectivity index (χ1v) is 7.69. The summed E-state index contributed by atoms with van der Waals surface area (Å²) in [6.45, 7) is 4.36. The molecule has 19 heavy (non-hydrogen) atoms. The Morgan fingerprint density at radius 1 is 1.16 bits per heavy atom. The molecule has 0 radical (unpaired) electrons. The normalized spacial score (nSPS) is 23.9. The predicted molar refractivity (Wildman–Crippen MR) is 77.6 cm³/mol. The van der Waals surface area contributed by atoms with E-state index < -0.39 is 0 Å². The van der Waals surface area contributed by atoms with Crippen LogP contribution >= 0.6 is 0 Å². The van der Waals surface area contributed by atoms with Gasteiger partial charge in [-0.1, -0.05) is 6.42 Å². The van der Waals surface area contributed by atoms with Crippen molar-refractivity contribution in [3.63, 3.8) is 0 Å². The summed E-state index contributed by atoms with van der Waals surface area (Å²) in [6.07, 6.45) is 7.80. The Kier molecular flexibility index (Phi) is 3.74. The largest absolute Gasteiger partial charge is 0.387 e. The Bertz CT molecular complexity index is 452. The number of aromatic nitrogens is 1. The highest BCUT2D eigenvalue weighted by atomic mass is 16.3. The molecule has 2 heterocycles. The van der Waals surface area contributed by atoms with Crippen LogP contribution in [-0.4, -0.2) is 23.2 Å². The van der Waals surface area contributed by atoms with Crippen LogP contribution in [-0.2, 0) is 6.42 Å². The molecule has 1 unspecified atom stereocenters. The summed E-state index contributed by atoms with van der Waals surface area (Å²) in [4.78, 5) is 7.14. The van der Waals surface area contributed by atoms with E-state index in [4.69, 9.17) is 0 Å². The van der Waals surface area contributed by atoms with E-state index in [0.717, 1.165) is 43.7 Å². The number of anilines is 1. The smallest absolute Gasteiger partial charge is 0.0963 e. The van der Waals surface area contributed by atoms with Crippen LogP contribution in [0.1, 0.15) is 61.6 Å². The zero-order valence-corrected chi connectivity index (χ0v) is 11.9. The third-order valence-corrected chi connectivity index (χ3v) is 4.43. The van der Waals surface area contributed by atoms with Gasteiger partial charge in [-0.15, -0.1) is 0 Å². The minimum absolute atomic E-state index is 0.360. The highest BCUT2D eigenvalue weighted by Gasteiger charge is 2.24. The molecular weight excluding hydrogens is 236 g/mol. The maximum atomic E-state index is 10.3. The number of aliphatic hydroxyl groups is 1. The monoisotopic (exact) mass is 260 g/mol. The minimum Gasteiger partial charge on any atom is -0.387 e. The molecular formula is C16H24N2O. The molecule has 2 aliphatic rings. The third kappa shape index (κ3) is 2.62. The van der Waals surface area contributed by atoms with E-state index >= 15 is 0 Å². The van der Waals surface area contributed by atoms with Crippen LogP contribution in [0.3, 0.4) is 0 Å². The number of aryl methyl sites for hydroxylation is 1. The molecule has 1 N–H and O–H groups in total. The summed E-state index contributed by atoms with van der Waals surface area (Å²) in [7, 11) is 0. The summed E-state index contributed by atoms with van der Waals surface area (Å²) in [5.74, 6) is 0. The first-order valence-electron chi connectivity index (χ1n) is 7.69.